The van der Waals surface area contributed by atoms with E-state index in [1.807, 2.05) is 6.92 Å². The summed E-state index contributed by atoms with van der Waals surface area (Å²) < 4.78 is 36.9. The number of amides is 1. The Hall–Kier alpha value is -1.84. The molecule has 2 rings (SSSR count). The van der Waals surface area contributed by atoms with E-state index in [9.17, 15) is 13.2 Å². The molecule has 0 saturated heterocycles. The zero-order valence-electron chi connectivity index (χ0n) is 16.5. The molecule has 3 atom stereocenters. The number of ether oxygens (including phenoxy) is 2. The van der Waals surface area contributed by atoms with Gasteiger partial charge in [-0.25, -0.2) is 8.42 Å². The van der Waals surface area contributed by atoms with Gasteiger partial charge in [-0.05, 0) is 31.0 Å². The van der Waals surface area contributed by atoms with Crippen molar-refractivity contribution in [3.8, 4) is 5.75 Å². The number of hydrogen-bond donors (Lipinski definition) is 2. The second-order valence-electron chi connectivity index (χ2n) is 7.14. The molecule has 152 valence electrons. The summed E-state index contributed by atoms with van der Waals surface area (Å²) in [4.78, 5) is 14.6. The number of likely N-dealkylation sites (N-methyl/N-ethyl adjacent to an activating group) is 1. The van der Waals surface area contributed by atoms with Gasteiger partial charge in [0, 0.05) is 39.0 Å². The lowest BCUT2D eigenvalue weighted by molar-refractivity contribution is 0.0281. The highest BCUT2D eigenvalue weighted by atomic mass is 32.2. The molecular weight excluding hydrogens is 370 g/mol. The maximum absolute atomic E-state index is 13.0. The van der Waals surface area contributed by atoms with Gasteiger partial charge in [0.15, 0.2) is 0 Å². The lowest BCUT2D eigenvalue weighted by Gasteiger charge is -2.30. The van der Waals surface area contributed by atoms with Crippen molar-refractivity contribution in [1.82, 2.24) is 10.2 Å². The van der Waals surface area contributed by atoms with E-state index in [2.05, 4.69) is 17.0 Å². The number of nitrogens with one attached hydrogen (secondary N) is 2. The average Bonchev–Trinajstić information content (AvgIpc) is 2.60. The van der Waals surface area contributed by atoms with Crippen LogP contribution in [0.2, 0.25) is 0 Å². The average molecular weight is 400 g/mol. The van der Waals surface area contributed by atoms with Crippen LogP contribution in [0.3, 0.4) is 0 Å². The van der Waals surface area contributed by atoms with Gasteiger partial charge < -0.3 is 19.7 Å². The molecule has 0 saturated carbocycles. The highest BCUT2D eigenvalue weighted by molar-refractivity contribution is 7.92. The summed E-state index contributed by atoms with van der Waals surface area (Å²) in [6, 6.07) is 4.78. The molecule has 27 heavy (non-hydrogen) atoms. The normalized spacial score (nSPS) is 25.0. The molecule has 2 N–H and O–H groups in total. The Bertz CT molecular complexity index is 768. The van der Waals surface area contributed by atoms with Crippen LogP contribution in [0.5, 0.6) is 5.75 Å². The van der Waals surface area contributed by atoms with Crippen LogP contribution in [0.4, 0.5) is 5.69 Å². The summed E-state index contributed by atoms with van der Waals surface area (Å²) in [7, 11) is -0.113. The summed E-state index contributed by atoms with van der Waals surface area (Å²) in [6.07, 6.45) is 0.939. The van der Waals surface area contributed by atoms with Crippen molar-refractivity contribution in [3.63, 3.8) is 0 Å². The van der Waals surface area contributed by atoms with Gasteiger partial charge in [0.2, 0.25) is 10.0 Å². The van der Waals surface area contributed by atoms with E-state index in [1.54, 1.807) is 31.2 Å². The summed E-state index contributed by atoms with van der Waals surface area (Å²) in [6.45, 7) is 5.62. The molecule has 0 fully saturated rings. The number of nitrogens with zero attached hydrogens (tertiary/aromatic N) is 1. The molecule has 8 nitrogen and oxygen atoms in total. The number of hydrogen-bond acceptors (Lipinski definition) is 6. The van der Waals surface area contributed by atoms with E-state index in [4.69, 9.17) is 9.47 Å². The largest absolute Gasteiger partial charge is 0.491 e. The van der Waals surface area contributed by atoms with Gasteiger partial charge in [-0.2, -0.15) is 0 Å². The van der Waals surface area contributed by atoms with Crippen LogP contribution >= 0.6 is 0 Å². The number of carbonyl (C=O) groups is 1. The molecule has 0 spiro atoms. The molecule has 1 aromatic rings. The molecule has 1 aromatic carbocycles. The van der Waals surface area contributed by atoms with E-state index >= 15 is 0 Å². The Balaban J connectivity index is 2.40. The maximum atomic E-state index is 13.0. The summed E-state index contributed by atoms with van der Waals surface area (Å²) >= 11 is 0. The summed E-state index contributed by atoms with van der Waals surface area (Å²) in [5.74, 6) is 0.365. The second kappa shape index (κ2) is 8.90. The third-order valence-corrected chi connectivity index (χ3v) is 5.13. The molecule has 1 aliphatic rings. The Labute approximate surface area is 161 Å². The van der Waals surface area contributed by atoms with Gasteiger partial charge in [-0.15, -0.1) is 0 Å². The first kappa shape index (κ1) is 21.5. The fourth-order valence-electron chi connectivity index (χ4n) is 2.94. The molecule has 0 radical (unpaired) electrons. The van der Waals surface area contributed by atoms with E-state index in [0.29, 0.717) is 30.2 Å². The fourth-order valence-corrected chi connectivity index (χ4v) is 3.49. The Kier molecular flexibility index (Phi) is 7.07. The predicted octanol–water partition coefficient (Wildman–Crippen LogP) is 1.15. The van der Waals surface area contributed by atoms with Gasteiger partial charge in [-0.3, -0.25) is 9.52 Å². The van der Waals surface area contributed by atoms with Crippen molar-refractivity contribution in [2.24, 2.45) is 5.92 Å². The van der Waals surface area contributed by atoms with Gasteiger partial charge in [0.1, 0.15) is 12.4 Å². The lowest BCUT2D eigenvalue weighted by atomic mass is 10.0. The van der Waals surface area contributed by atoms with E-state index in [-0.39, 0.29) is 24.0 Å². The highest BCUT2D eigenvalue weighted by Crippen LogP contribution is 2.26. The van der Waals surface area contributed by atoms with Crippen molar-refractivity contribution in [2.75, 3.05) is 44.8 Å². The smallest absolute Gasteiger partial charge is 0.257 e. The number of methoxy groups -OCH3 is 1. The third kappa shape index (κ3) is 6.08. The summed E-state index contributed by atoms with van der Waals surface area (Å²) in [5, 5.41) is 3.41. The number of anilines is 1. The highest BCUT2D eigenvalue weighted by Gasteiger charge is 2.25. The number of carbonyl (C=O) groups excluding carboxylic acids is 1. The molecular formula is C18H29N3O5S. The third-order valence-electron chi connectivity index (χ3n) is 4.53. The van der Waals surface area contributed by atoms with Gasteiger partial charge >= 0.3 is 0 Å². The molecule has 1 aliphatic heterocycles. The zero-order chi connectivity index (χ0) is 20.2. The van der Waals surface area contributed by atoms with Crippen LogP contribution in [0.15, 0.2) is 18.2 Å². The van der Waals surface area contributed by atoms with Gasteiger partial charge in [0.25, 0.3) is 5.91 Å². The monoisotopic (exact) mass is 399 g/mol. The molecule has 0 aromatic heterocycles. The van der Waals surface area contributed by atoms with Crippen LogP contribution < -0.4 is 14.8 Å². The molecule has 0 aliphatic carbocycles. The van der Waals surface area contributed by atoms with Crippen LogP contribution in [-0.4, -0.2) is 71.5 Å². The number of fused-ring (bicyclic) bond motifs is 1. The van der Waals surface area contributed by atoms with Gasteiger partial charge in [-0.1, -0.05) is 6.92 Å². The quantitative estimate of drug-likeness (QED) is 0.792. The Morgan fingerprint density at radius 3 is 2.67 bits per heavy atom. The van der Waals surface area contributed by atoms with Crippen LogP contribution in [0, 0.1) is 5.92 Å². The van der Waals surface area contributed by atoms with Crippen molar-refractivity contribution < 1.29 is 22.7 Å². The van der Waals surface area contributed by atoms with Crippen molar-refractivity contribution in [3.05, 3.63) is 23.8 Å². The first-order valence-corrected chi connectivity index (χ1v) is 10.8. The van der Waals surface area contributed by atoms with E-state index in [0.717, 1.165) is 12.8 Å². The summed E-state index contributed by atoms with van der Waals surface area (Å²) in [5.41, 5.74) is 0.623. The molecule has 1 amide bonds. The minimum atomic E-state index is -3.45. The number of benzene rings is 1. The molecule has 1 heterocycles. The van der Waals surface area contributed by atoms with Crippen molar-refractivity contribution in [1.29, 1.82) is 0 Å². The van der Waals surface area contributed by atoms with Crippen LogP contribution in [0.25, 0.3) is 0 Å². The first-order valence-electron chi connectivity index (χ1n) is 8.87. The predicted molar refractivity (Wildman–Crippen MR) is 105 cm³/mol. The van der Waals surface area contributed by atoms with Gasteiger partial charge in [0.05, 0.1) is 17.9 Å². The SMILES string of the molecule is CO[C@@H]1CN(C)C(=O)c2cc(NS(C)(=O)=O)ccc2OC[C@H](C)NC[C@@H]1C. The van der Waals surface area contributed by atoms with Crippen molar-refractivity contribution >= 4 is 21.6 Å². The molecule has 9 heteroatoms. The van der Waals surface area contributed by atoms with Crippen molar-refractivity contribution in [2.45, 2.75) is 26.0 Å². The molecule has 0 bridgehead atoms. The second-order valence-corrected chi connectivity index (χ2v) is 8.89. The number of sulfonamides is 1. The minimum absolute atomic E-state index is 0.0823. The minimum Gasteiger partial charge on any atom is -0.491 e. The van der Waals surface area contributed by atoms with E-state index in [1.165, 1.54) is 6.07 Å². The lowest BCUT2D eigenvalue weighted by Crippen LogP contribution is -2.44. The molecule has 0 unspecified atom stereocenters. The fraction of sp³-hybridized carbons (Fsp3) is 0.611. The van der Waals surface area contributed by atoms with Crippen LogP contribution in [0.1, 0.15) is 24.2 Å². The van der Waals surface area contributed by atoms with Crippen LogP contribution in [-0.2, 0) is 14.8 Å². The number of rotatable bonds is 3. The van der Waals surface area contributed by atoms with E-state index < -0.39 is 10.0 Å². The standard InChI is InChI=1S/C18H29N3O5S/c1-12-9-19-13(2)11-26-16-7-6-14(20-27(5,23)24)8-15(16)18(22)21(3)10-17(12)25-4/h6-8,12-13,17,19-20H,9-11H2,1-5H3/t12-,13-,17+/m0/s1. The first-order chi connectivity index (χ1) is 12.6. The topological polar surface area (TPSA) is 97.0 Å². The Morgan fingerprint density at radius 2 is 2.04 bits per heavy atom. The Morgan fingerprint density at radius 1 is 1.33 bits per heavy atom. The zero-order valence-corrected chi connectivity index (χ0v) is 17.3. The maximum Gasteiger partial charge on any atom is 0.257 e.